The molecule has 0 bridgehead atoms. The molecule has 0 aromatic heterocycles. The van der Waals surface area contributed by atoms with Gasteiger partial charge in [0.25, 0.3) is 0 Å². The van der Waals surface area contributed by atoms with Crippen LogP contribution < -0.4 is 0 Å². The Kier molecular flexibility index (Phi) is 8.00. The second-order valence-corrected chi connectivity index (χ2v) is 9.26. The summed E-state index contributed by atoms with van der Waals surface area (Å²) in [4.78, 5) is 2.34. The fourth-order valence-electron chi connectivity index (χ4n) is 5.20. The lowest BCUT2D eigenvalue weighted by molar-refractivity contribution is -0.138. The van der Waals surface area contributed by atoms with Gasteiger partial charge in [-0.05, 0) is 69.2 Å². The van der Waals surface area contributed by atoms with Gasteiger partial charge >= 0.3 is 6.18 Å². The quantitative estimate of drug-likeness (QED) is 0.406. The van der Waals surface area contributed by atoms with Crippen LogP contribution in [-0.2, 0) is 18.1 Å². The van der Waals surface area contributed by atoms with Crippen molar-refractivity contribution in [2.75, 3.05) is 6.54 Å². The van der Waals surface area contributed by atoms with E-state index in [1.807, 2.05) is 18.2 Å². The van der Waals surface area contributed by atoms with Crippen molar-refractivity contribution in [1.82, 2.24) is 4.90 Å². The second kappa shape index (κ2) is 10.5. The van der Waals surface area contributed by atoms with Crippen LogP contribution in [0.25, 0.3) is 0 Å². The molecule has 172 valence electrons. The van der Waals surface area contributed by atoms with Crippen molar-refractivity contribution in [3.05, 3.63) is 71.3 Å². The Bertz CT molecular complexity index is 895. The molecule has 0 aliphatic heterocycles. The highest BCUT2D eigenvalue weighted by Crippen LogP contribution is 2.48. The summed E-state index contributed by atoms with van der Waals surface area (Å²) < 4.78 is 41.6. The minimum atomic E-state index is -4.46. The number of halogens is 3. The van der Waals surface area contributed by atoms with E-state index in [0.717, 1.165) is 44.8 Å². The molecule has 0 saturated heterocycles. The van der Waals surface area contributed by atoms with Crippen LogP contribution in [0, 0.1) is 17.2 Å². The van der Waals surface area contributed by atoms with Crippen molar-refractivity contribution in [2.24, 2.45) is 5.92 Å². The van der Waals surface area contributed by atoms with Crippen LogP contribution in [0.15, 0.2) is 54.6 Å². The molecule has 0 spiro atoms. The first-order valence-corrected chi connectivity index (χ1v) is 11.6. The van der Waals surface area contributed by atoms with Crippen LogP contribution in [0.1, 0.15) is 69.1 Å². The van der Waals surface area contributed by atoms with Gasteiger partial charge in [0.2, 0.25) is 0 Å². The zero-order chi connectivity index (χ0) is 23.2. The van der Waals surface area contributed by atoms with E-state index < -0.39 is 17.2 Å². The highest BCUT2D eigenvalue weighted by atomic mass is 19.4. The third kappa shape index (κ3) is 5.53. The fourth-order valence-corrected chi connectivity index (χ4v) is 5.20. The molecule has 2 aromatic carbocycles. The van der Waals surface area contributed by atoms with Crippen LogP contribution in [0.3, 0.4) is 0 Å². The van der Waals surface area contributed by atoms with Crippen LogP contribution in [0.4, 0.5) is 13.2 Å². The van der Waals surface area contributed by atoms with Crippen LogP contribution in [0.5, 0.6) is 0 Å². The number of hydrogen-bond donors (Lipinski definition) is 0. The maximum atomic E-state index is 13.9. The first-order valence-electron chi connectivity index (χ1n) is 11.6. The molecule has 0 radical (unpaired) electrons. The monoisotopic (exact) mass is 442 g/mol. The maximum absolute atomic E-state index is 13.9. The van der Waals surface area contributed by atoms with E-state index in [2.05, 4.69) is 36.9 Å². The number of benzene rings is 2. The average molecular weight is 443 g/mol. The number of nitriles is 1. The summed E-state index contributed by atoms with van der Waals surface area (Å²) in [5.74, 6) is -0.0300. The fraction of sp³-hybridized carbons (Fsp3) is 0.519. The van der Waals surface area contributed by atoms with Crippen molar-refractivity contribution in [3.8, 4) is 6.07 Å². The molecular weight excluding hydrogens is 409 g/mol. The molecule has 1 atom stereocenters. The zero-order valence-corrected chi connectivity index (χ0v) is 19.0. The lowest BCUT2D eigenvalue weighted by Gasteiger charge is -2.36. The molecule has 0 heterocycles. The number of rotatable bonds is 9. The van der Waals surface area contributed by atoms with Gasteiger partial charge < -0.3 is 0 Å². The highest BCUT2D eigenvalue weighted by Gasteiger charge is 2.46. The standard InChI is InChI=1S/C27H33F3N2/c1-21(2)32(19-22-11-4-3-5-12-22)18-10-17-26(20-31,23-13-6-7-14-23)24-15-8-9-16-25(24)27(28,29)30/h3-5,8-9,11-12,15-16,21,23H,6-7,10,13-14,17-19H2,1-2H3. The molecule has 0 N–H and O–H groups in total. The Morgan fingerprint density at radius 1 is 0.969 bits per heavy atom. The van der Waals surface area contributed by atoms with Gasteiger partial charge in [0.15, 0.2) is 0 Å². The van der Waals surface area contributed by atoms with E-state index in [4.69, 9.17) is 0 Å². The van der Waals surface area contributed by atoms with Gasteiger partial charge in [-0.1, -0.05) is 61.4 Å². The third-order valence-corrected chi connectivity index (χ3v) is 6.94. The van der Waals surface area contributed by atoms with Gasteiger partial charge in [0, 0.05) is 12.6 Å². The average Bonchev–Trinajstić information content (AvgIpc) is 3.31. The summed E-state index contributed by atoms with van der Waals surface area (Å²) >= 11 is 0. The largest absolute Gasteiger partial charge is 0.416 e. The Labute approximate surface area is 190 Å². The molecule has 2 nitrogen and oxygen atoms in total. The molecule has 1 unspecified atom stereocenters. The molecular formula is C27H33F3N2. The smallest absolute Gasteiger partial charge is 0.297 e. The Hall–Kier alpha value is -2.32. The molecule has 1 fully saturated rings. The second-order valence-electron chi connectivity index (χ2n) is 9.26. The minimum absolute atomic E-state index is 0.0300. The molecule has 2 aromatic rings. The van der Waals surface area contributed by atoms with E-state index in [1.54, 1.807) is 6.07 Å². The van der Waals surface area contributed by atoms with Crippen molar-refractivity contribution >= 4 is 0 Å². The highest BCUT2D eigenvalue weighted by molar-refractivity contribution is 5.42. The molecule has 0 amide bonds. The van der Waals surface area contributed by atoms with Crippen molar-refractivity contribution in [2.45, 2.75) is 76.6 Å². The third-order valence-electron chi connectivity index (χ3n) is 6.94. The first-order chi connectivity index (χ1) is 15.3. The number of hydrogen-bond acceptors (Lipinski definition) is 2. The van der Waals surface area contributed by atoms with Crippen molar-refractivity contribution < 1.29 is 13.2 Å². The first kappa shape index (κ1) is 24.3. The Morgan fingerprint density at radius 2 is 1.56 bits per heavy atom. The summed E-state index contributed by atoms with van der Waals surface area (Å²) in [6, 6.07) is 18.7. The molecule has 32 heavy (non-hydrogen) atoms. The summed E-state index contributed by atoms with van der Waals surface area (Å²) in [6.45, 7) is 5.81. The predicted molar refractivity (Wildman–Crippen MR) is 122 cm³/mol. The van der Waals surface area contributed by atoms with E-state index in [1.165, 1.54) is 17.7 Å². The van der Waals surface area contributed by atoms with Gasteiger partial charge in [-0.25, -0.2) is 0 Å². The summed E-state index contributed by atoms with van der Waals surface area (Å²) in [5, 5.41) is 10.4. The summed E-state index contributed by atoms with van der Waals surface area (Å²) in [6.07, 6.45) is 0.257. The van der Waals surface area contributed by atoms with Gasteiger partial charge in [-0.2, -0.15) is 18.4 Å². The lowest BCUT2D eigenvalue weighted by atomic mass is 9.66. The molecule has 1 aliphatic rings. The summed E-state index contributed by atoms with van der Waals surface area (Å²) in [7, 11) is 0. The topological polar surface area (TPSA) is 27.0 Å². The number of alkyl halides is 3. The predicted octanol–water partition coefficient (Wildman–Crippen LogP) is 7.35. The lowest BCUT2D eigenvalue weighted by Crippen LogP contribution is -2.37. The van der Waals surface area contributed by atoms with Gasteiger partial charge in [-0.15, -0.1) is 0 Å². The van der Waals surface area contributed by atoms with E-state index in [0.29, 0.717) is 18.9 Å². The van der Waals surface area contributed by atoms with E-state index in [9.17, 15) is 18.4 Å². The molecule has 5 heteroatoms. The molecule has 1 aliphatic carbocycles. The Morgan fingerprint density at radius 3 is 2.12 bits per heavy atom. The minimum Gasteiger partial charge on any atom is -0.297 e. The van der Waals surface area contributed by atoms with Crippen LogP contribution in [0.2, 0.25) is 0 Å². The zero-order valence-electron chi connectivity index (χ0n) is 19.0. The van der Waals surface area contributed by atoms with Crippen molar-refractivity contribution in [3.63, 3.8) is 0 Å². The van der Waals surface area contributed by atoms with Crippen LogP contribution >= 0.6 is 0 Å². The normalized spacial score (nSPS) is 16.9. The SMILES string of the molecule is CC(C)N(CCCC(C#N)(c1ccccc1C(F)(F)F)C1CCCC1)Cc1ccccc1. The molecule has 1 saturated carbocycles. The Balaban J connectivity index is 1.85. The number of nitrogens with zero attached hydrogens (tertiary/aromatic N) is 2. The van der Waals surface area contributed by atoms with Gasteiger partial charge in [0.1, 0.15) is 0 Å². The van der Waals surface area contributed by atoms with Crippen LogP contribution in [-0.4, -0.2) is 17.5 Å². The van der Waals surface area contributed by atoms with Crippen molar-refractivity contribution in [1.29, 1.82) is 5.26 Å². The molecule has 3 rings (SSSR count). The van der Waals surface area contributed by atoms with Gasteiger partial charge in [-0.3, -0.25) is 4.90 Å². The van der Waals surface area contributed by atoms with E-state index >= 15 is 0 Å². The maximum Gasteiger partial charge on any atom is 0.416 e. The van der Waals surface area contributed by atoms with E-state index in [-0.39, 0.29) is 11.5 Å². The van der Waals surface area contributed by atoms with Gasteiger partial charge in [0.05, 0.1) is 17.0 Å². The summed E-state index contributed by atoms with van der Waals surface area (Å²) in [5.41, 5.74) is -0.372.